The van der Waals surface area contributed by atoms with E-state index in [4.69, 9.17) is 5.11 Å². The van der Waals surface area contributed by atoms with Crippen LogP contribution in [0.4, 0.5) is 0 Å². The Morgan fingerprint density at radius 2 is 1.61 bits per heavy atom. The van der Waals surface area contributed by atoms with E-state index in [1.54, 1.807) is 0 Å². The standard InChI is InChI=1S/C13H19NO4/c1-8-6-11(15)14(12(16)7-8)10-4-2-9(3-5-10)13(17)18/h8-10H,2-7H2,1H3,(H,17,18). The monoisotopic (exact) mass is 253 g/mol. The van der Waals surface area contributed by atoms with Gasteiger partial charge in [0.25, 0.3) is 0 Å². The van der Waals surface area contributed by atoms with Crippen LogP contribution in [-0.2, 0) is 14.4 Å². The van der Waals surface area contributed by atoms with Gasteiger partial charge in [-0.2, -0.15) is 0 Å². The molecule has 5 nitrogen and oxygen atoms in total. The number of piperidine rings is 1. The molecule has 0 spiro atoms. The average Bonchev–Trinajstić information content (AvgIpc) is 2.28. The first kappa shape index (κ1) is 13.1. The number of carbonyl (C=O) groups is 3. The molecular formula is C13H19NO4. The van der Waals surface area contributed by atoms with Gasteiger partial charge in [0.1, 0.15) is 0 Å². The van der Waals surface area contributed by atoms with E-state index in [2.05, 4.69) is 0 Å². The van der Waals surface area contributed by atoms with Gasteiger partial charge in [-0.3, -0.25) is 19.3 Å². The van der Waals surface area contributed by atoms with Crippen LogP contribution in [0.1, 0.15) is 45.4 Å². The third-order valence-electron chi connectivity index (χ3n) is 3.99. The highest BCUT2D eigenvalue weighted by Gasteiger charge is 2.38. The number of amides is 2. The highest BCUT2D eigenvalue weighted by Crippen LogP contribution is 2.31. The number of aliphatic carboxylic acids is 1. The van der Waals surface area contributed by atoms with Crippen LogP contribution in [0.5, 0.6) is 0 Å². The molecular weight excluding hydrogens is 234 g/mol. The van der Waals surface area contributed by atoms with Crippen molar-refractivity contribution in [1.29, 1.82) is 0 Å². The summed E-state index contributed by atoms with van der Waals surface area (Å²) in [5.41, 5.74) is 0. The minimum atomic E-state index is -0.765. The van der Waals surface area contributed by atoms with Crippen LogP contribution in [0.3, 0.4) is 0 Å². The largest absolute Gasteiger partial charge is 0.481 e. The van der Waals surface area contributed by atoms with E-state index >= 15 is 0 Å². The molecule has 5 heteroatoms. The van der Waals surface area contributed by atoms with Gasteiger partial charge in [0.2, 0.25) is 11.8 Å². The summed E-state index contributed by atoms with van der Waals surface area (Å²) in [6, 6.07) is -0.0758. The molecule has 1 N–H and O–H groups in total. The van der Waals surface area contributed by atoms with Gasteiger partial charge in [-0.15, -0.1) is 0 Å². The molecule has 0 bridgehead atoms. The lowest BCUT2D eigenvalue weighted by molar-refractivity contribution is -0.154. The number of nitrogens with zero attached hydrogens (tertiary/aromatic N) is 1. The summed E-state index contributed by atoms with van der Waals surface area (Å²) >= 11 is 0. The Labute approximate surface area is 106 Å². The first-order chi connectivity index (χ1) is 8.49. The smallest absolute Gasteiger partial charge is 0.306 e. The molecule has 18 heavy (non-hydrogen) atoms. The fourth-order valence-electron chi connectivity index (χ4n) is 2.99. The molecule has 1 aliphatic heterocycles. The first-order valence-corrected chi connectivity index (χ1v) is 6.56. The molecule has 1 aliphatic carbocycles. The van der Waals surface area contributed by atoms with E-state index in [1.807, 2.05) is 6.92 Å². The third kappa shape index (κ3) is 2.54. The van der Waals surface area contributed by atoms with E-state index < -0.39 is 5.97 Å². The summed E-state index contributed by atoms with van der Waals surface area (Å²) in [5.74, 6) is -1.11. The molecule has 0 aromatic carbocycles. The van der Waals surface area contributed by atoms with Crippen LogP contribution in [0.15, 0.2) is 0 Å². The maximum absolute atomic E-state index is 11.9. The van der Waals surface area contributed by atoms with Crippen molar-refractivity contribution in [2.75, 3.05) is 0 Å². The molecule has 0 aromatic rings. The minimum absolute atomic E-state index is 0.0758. The van der Waals surface area contributed by atoms with E-state index in [0.717, 1.165) is 0 Å². The third-order valence-corrected chi connectivity index (χ3v) is 3.99. The van der Waals surface area contributed by atoms with E-state index in [1.165, 1.54) is 4.90 Å². The van der Waals surface area contributed by atoms with E-state index in [9.17, 15) is 14.4 Å². The fraction of sp³-hybridized carbons (Fsp3) is 0.769. The summed E-state index contributed by atoms with van der Waals surface area (Å²) in [7, 11) is 0. The Bertz CT molecular complexity index is 353. The Balaban J connectivity index is 1.98. The van der Waals surface area contributed by atoms with Crippen LogP contribution in [0.25, 0.3) is 0 Å². The predicted octanol–water partition coefficient (Wildman–Crippen LogP) is 1.41. The second-order valence-electron chi connectivity index (χ2n) is 5.51. The SMILES string of the molecule is CC1CC(=O)N(C2CCC(C(=O)O)CC2)C(=O)C1. The zero-order chi connectivity index (χ0) is 13.3. The predicted molar refractivity (Wildman–Crippen MR) is 63.6 cm³/mol. The molecule has 0 atom stereocenters. The summed E-state index contributed by atoms with van der Waals surface area (Å²) < 4.78 is 0. The van der Waals surface area contributed by atoms with Gasteiger partial charge in [0.15, 0.2) is 0 Å². The van der Waals surface area contributed by atoms with Gasteiger partial charge in [-0.1, -0.05) is 6.92 Å². The normalized spacial score (nSPS) is 30.6. The van der Waals surface area contributed by atoms with Crippen molar-refractivity contribution in [2.45, 2.75) is 51.5 Å². The Kier molecular flexibility index (Phi) is 3.68. The number of hydrogen-bond donors (Lipinski definition) is 1. The van der Waals surface area contributed by atoms with Gasteiger partial charge in [0.05, 0.1) is 5.92 Å². The second-order valence-corrected chi connectivity index (χ2v) is 5.51. The molecule has 0 radical (unpaired) electrons. The van der Waals surface area contributed by atoms with E-state index in [0.29, 0.717) is 38.5 Å². The van der Waals surface area contributed by atoms with Crippen LogP contribution in [0, 0.1) is 11.8 Å². The maximum atomic E-state index is 11.9. The summed E-state index contributed by atoms with van der Waals surface area (Å²) in [6.45, 7) is 1.91. The number of carboxylic acids is 1. The van der Waals surface area contributed by atoms with Crippen molar-refractivity contribution in [2.24, 2.45) is 11.8 Å². The average molecular weight is 253 g/mol. The highest BCUT2D eigenvalue weighted by atomic mass is 16.4. The molecule has 2 amide bonds. The number of rotatable bonds is 2. The van der Waals surface area contributed by atoms with Gasteiger partial charge in [-0.05, 0) is 31.6 Å². The maximum Gasteiger partial charge on any atom is 0.306 e. The summed E-state index contributed by atoms with van der Waals surface area (Å²) in [5, 5.41) is 8.93. The molecule has 2 fully saturated rings. The zero-order valence-corrected chi connectivity index (χ0v) is 10.6. The summed E-state index contributed by atoms with van der Waals surface area (Å²) in [6.07, 6.45) is 3.25. The molecule has 2 rings (SSSR count). The Morgan fingerprint density at radius 1 is 1.11 bits per heavy atom. The molecule has 1 saturated carbocycles. The molecule has 2 aliphatic rings. The van der Waals surface area contributed by atoms with Crippen molar-refractivity contribution in [1.82, 2.24) is 4.90 Å². The van der Waals surface area contributed by atoms with Crippen molar-refractivity contribution < 1.29 is 19.5 Å². The van der Waals surface area contributed by atoms with Gasteiger partial charge in [-0.25, -0.2) is 0 Å². The lowest BCUT2D eigenvalue weighted by atomic mass is 9.84. The lowest BCUT2D eigenvalue weighted by Crippen LogP contribution is -2.50. The number of likely N-dealkylation sites (tertiary alicyclic amines) is 1. The second kappa shape index (κ2) is 5.08. The van der Waals surface area contributed by atoms with Crippen molar-refractivity contribution in [3.8, 4) is 0 Å². The van der Waals surface area contributed by atoms with Crippen LogP contribution < -0.4 is 0 Å². The Morgan fingerprint density at radius 3 is 2.06 bits per heavy atom. The van der Waals surface area contributed by atoms with Crippen LogP contribution in [0.2, 0.25) is 0 Å². The zero-order valence-electron chi connectivity index (χ0n) is 10.6. The van der Waals surface area contributed by atoms with Gasteiger partial charge in [0, 0.05) is 18.9 Å². The van der Waals surface area contributed by atoms with Crippen LogP contribution >= 0.6 is 0 Å². The minimum Gasteiger partial charge on any atom is -0.481 e. The fourth-order valence-corrected chi connectivity index (χ4v) is 2.99. The first-order valence-electron chi connectivity index (χ1n) is 6.56. The van der Waals surface area contributed by atoms with Gasteiger partial charge >= 0.3 is 5.97 Å². The molecule has 0 aromatic heterocycles. The molecule has 0 unspecified atom stereocenters. The number of hydrogen-bond acceptors (Lipinski definition) is 3. The van der Waals surface area contributed by atoms with Crippen molar-refractivity contribution >= 4 is 17.8 Å². The van der Waals surface area contributed by atoms with E-state index in [-0.39, 0.29) is 29.7 Å². The molecule has 1 heterocycles. The quantitative estimate of drug-likeness (QED) is 0.755. The number of carboxylic acid groups (broad SMARTS) is 1. The van der Waals surface area contributed by atoms with Crippen molar-refractivity contribution in [3.63, 3.8) is 0 Å². The molecule has 1 saturated heterocycles. The van der Waals surface area contributed by atoms with Crippen molar-refractivity contribution in [3.05, 3.63) is 0 Å². The van der Waals surface area contributed by atoms with Gasteiger partial charge < -0.3 is 5.11 Å². The highest BCUT2D eigenvalue weighted by molar-refractivity contribution is 5.98. The number of imide groups is 1. The lowest BCUT2D eigenvalue weighted by Gasteiger charge is -2.38. The topological polar surface area (TPSA) is 74.7 Å². The van der Waals surface area contributed by atoms with Crippen LogP contribution in [-0.4, -0.2) is 33.8 Å². The number of carbonyl (C=O) groups excluding carboxylic acids is 2. The summed E-state index contributed by atoms with van der Waals surface area (Å²) in [4.78, 5) is 36.1. The molecule has 100 valence electrons. The Hall–Kier alpha value is -1.39.